The van der Waals surface area contributed by atoms with Gasteiger partial charge in [-0.2, -0.15) is 4.89 Å². The molecule has 0 radical (unpaired) electrons. The Labute approximate surface area is 160 Å². The molecule has 7 nitrogen and oxygen atoms in total. The van der Waals surface area contributed by atoms with Crippen LogP contribution in [0.1, 0.15) is 33.3 Å². The number of carbonyl (C=O) groups excluding carboxylic acids is 1. The summed E-state index contributed by atoms with van der Waals surface area (Å²) in [5.41, 5.74) is 2.27. The van der Waals surface area contributed by atoms with Crippen molar-refractivity contribution >= 4 is 17.3 Å². The number of nitrogens with one attached hydrogen (secondary N) is 2. The molecule has 2 N–H and O–H groups in total. The summed E-state index contributed by atoms with van der Waals surface area (Å²) in [4.78, 5) is 29.7. The Morgan fingerprint density at radius 1 is 1.22 bits per heavy atom. The van der Waals surface area contributed by atoms with E-state index >= 15 is 0 Å². The van der Waals surface area contributed by atoms with Gasteiger partial charge in [0.25, 0.3) is 0 Å². The zero-order valence-electron chi connectivity index (χ0n) is 16.5. The molecular formula is C20H30N4O3. The Kier molecular flexibility index (Phi) is 6.49. The molecule has 148 valence electrons. The van der Waals surface area contributed by atoms with Gasteiger partial charge in [0.1, 0.15) is 0 Å². The van der Waals surface area contributed by atoms with Crippen molar-refractivity contribution in [3.05, 3.63) is 36.0 Å². The molecule has 27 heavy (non-hydrogen) atoms. The van der Waals surface area contributed by atoms with Crippen LogP contribution < -0.4 is 5.32 Å². The van der Waals surface area contributed by atoms with Gasteiger partial charge in [-0.15, -0.1) is 0 Å². The van der Waals surface area contributed by atoms with Gasteiger partial charge in [-0.3, -0.25) is 9.69 Å². The minimum Gasteiger partial charge on any atom is -0.361 e. The molecule has 0 spiro atoms. The lowest BCUT2D eigenvalue weighted by Gasteiger charge is -2.33. The largest absolute Gasteiger partial charge is 0.361 e. The molecule has 1 aliphatic heterocycles. The molecule has 1 amide bonds. The summed E-state index contributed by atoms with van der Waals surface area (Å²) in [5, 5.41) is 3.87. The standard InChI is InChI=1S/C20H30N4O3/c1-14(2)23(15(3)4)9-10-24-19(26-27-20(24)22-13-25)11-16-12-21-18-8-6-5-7-17(16)18/h5-8,12-15,19-21H,9-11H2,1-4H3,(H,22,25). The number of carbonyl (C=O) groups is 1. The number of fused-ring (bicyclic) bond motifs is 1. The first-order valence-corrected chi connectivity index (χ1v) is 9.59. The Hall–Kier alpha value is -1.93. The number of aromatic amines is 1. The topological polar surface area (TPSA) is 69.8 Å². The van der Waals surface area contributed by atoms with Crippen molar-refractivity contribution in [2.45, 2.75) is 58.8 Å². The van der Waals surface area contributed by atoms with E-state index in [1.54, 1.807) is 0 Å². The zero-order valence-corrected chi connectivity index (χ0v) is 16.5. The molecular weight excluding hydrogens is 344 g/mol. The number of para-hydroxylation sites is 1. The summed E-state index contributed by atoms with van der Waals surface area (Å²) in [7, 11) is 0. The summed E-state index contributed by atoms with van der Waals surface area (Å²) < 4.78 is 0. The highest BCUT2D eigenvalue weighted by atomic mass is 17.2. The van der Waals surface area contributed by atoms with E-state index in [0.29, 0.717) is 24.9 Å². The van der Waals surface area contributed by atoms with Gasteiger partial charge in [-0.05, 0) is 39.3 Å². The zero-order chi connectivity index (χ0) is 19.4. The van der Waals surface area contributed by atoms with Crippen LogP contribution in [0.4, 0.5) is 0 Å². The second-order valence-corrected chi connectivity index (χ2v) is 7.51. The normalized spacial score (nSPS) is 21.0. The molecule has 1 fully saturated rings. The van der Waals surface area contributed by atoms with Gasteiger partial charge in [0.2, 0.25) is 12.8 Å². The van der Waals surface area contributed by atoms with Crippen LogP contribution in [0, 0.1) is 0 Å². The predicted molar refractivity (Wildman–Crippen MR) is 105 cm³/mol. The fourth-order valence-electron chi connectivity index (χ4n) is 3.80. The number of aromatic nitrogens is 1. The number of hydrogen-bond acceptors (Lipinski definition) is 5. The summed E-state index contributed by atoms with van der Waals surface area (Å²) in [6, 6.07) is 9.09. The molecule has 0 aliphatic carbocycles. The van der Waals surface area contributed by atoms with Crippen molar-refractivity contribution in [2.24, 2.45) is 0 Å². The molecule has 1 aliphatic rings. The number of nitrogens with zero attached hydrogens (tertiary/aromatic N) is 2. The fourth-order valence-corrected chi connectivity index (χ4v) is 3.80. The van der Waals surface area contributed by atoms with Crippen molar-refractivity contribution in [2.75, 3.05) is 13.1 Å². The lowest BCUT2D eigenvalue weighted by molar-refractivity contribution is -0.299. The van der Waals surface area contributed by atoms with Crippen LogP contribution in [0.15, 0.2) is 30.5 Å². The fraction of sp³-hybridized carbons (Fsp3) is 0.550. The van der Waals surface area contributed by atoms with E-state index in [1.165, 1.54) is 10.9 Å². The Morgan fingerprint density at radius 2 is 1.96 bits per heavy atom. The third kappa shape index (κ3) is 4.50. The summed E-state index contributed by atoms with van der Waals surface area (Å²) in [6.07, 6.45) is 2.50. The quantitative estimate of drug-likeness (QED) is 0.521. The highest BCUT2D eigenvalue weighted by Crippen LogP contribution is 2.25. The highest BCUT2D eigenvalue weighted by Gasteiger charge is 2.37. The van der Waals surface area contributed by atoms with Gasteiger partial charge in [0, 0.05) is 48.7 Å². The minimum atomic E-state index is -0.570. The maximum absolute atomic E-state index is 11.0. The summed E-state index contributed by atoms with van der Waals surface area (Å²) in [6.45, 7) is 10.4. The first-order chi connectivity index (χ1) is 13.0. The van der Waals surface area contributed by atoms with Crippen LogP contribution in [0.25, 0.3) is 10.9 Å². The van der Waals surface area contributed by atoms with Crippen molar-refractivity contribution < 1.29 is 14.6 Å². The van der Waals surface area contributed by atoms with E-state index < -0.39 is 6.35 Å². The molecule has 0 saturated carbocycles. The van der Waals surface area contributed by atoms with Crippen molar-refractivity contribution in [3.63, 3.8) is 0 Å². The lowest BCUT2D eigenvalue weighted by Crippen LogP contribution is -2.50. The first kappa shape index (κ1) is 19.8. The molecule has 0 bridgehead atoms. The van der Waals surface area contributed by atoms with Crippen LogP contribution in [0.5, 0.6) is 0 Å². The molecule has 2 atom stereocenters. The molecule has 2 heterocycles. The van der Waals surface area contributed by atoms with Crippen molar-refractivity contribution in [3.8, 4) is 0 Å². The van der Waals surface area contributed by atoms with Gasteiger partial charge >= 0.3 is 0 Å². The monoisotopic (exact) mass is 374 g/mol. The number of H-pyrrole nitrogens is 1. The van der Waals surface area contributed by atoms with Gasteiger partial charge in [0.05, 0.1) is 0 Å². The van der Waals surface area contributed by atoms with Crippen molar-refractivity contribution in [1.82, 2.24) is 20.1 Å². The minimum absolute atomic E-state index is 0.261. The van der Waals surface area contributed by atoms with Gasteiger partial charge in [-0.25, -0.2) is 9.79 Å². The lowest BCUT2D eigenvalue weighted by atomic mass is 10.1. The predicted octanol–water partition coefficient (Wildman–Crippen LogP) is 2.45. The number of benzene rings is 1. The highest BCUT2D eigenvalue weighted by molar-refractivity contribution is 5.83. The van der Waals surface area contributed by atoms with E-state index in [9.17, 15) is 4.79 Å². The summed E-state index contributed by atoms with van der Waals surface area (Å²) in [5.74, 6) is 0. The molecule has 1 saturated heterocycles. The Balaban J connectivity index is 1.73. The molecule has 2 aromatic rings. The van der Waals surface area contributed by atoms with E-state index in [1.807, 2.05) is 18.3 Å². The second-order valence-electron chi connectivity index (χ2n) is 7.51. The van der Waals surface area contributed by atoms with Gasteiger partial charge in [-0.1, -0.05) is 18.2 Å². The van der Waals surface area contributed by atoms with E-state index in [2.05, 4.69) is 59.9 Å². The maximum Gasteiger partial charge on any atom is 0.223 e. The van der Waals surface area contributed by atoms with E-state index in [4.69, 9.17) is 9.78 Å². The summed E-state index contributed by atoms with van der Waals surface area (Å²) >= 11 is 0. The Bertz CT molecular complexity index is 738. The number of amides is 1. The third-order valence-corrected chi connectivity index (χ3v) is 5.15. The van der Waals surface area contributed by atoms with Gasteiger partial charge in [0.15, 0.2) is 6.23 Å². The van der Waals surface area contributed by atoms with Crippen LogP contribution in [0.3, 0.4) is 0 Å². The van der Waals surface area contributed by atoms with Crippen LogP contribution in [-0.4, -0.2) is 58.9 Å². The van der Waals surface area contributed by atoms with Crippen LogP contribution in [0.2, 0.25) is 0 Å². The number of rotatable bonds is 9. The average Bonchev–Trinajstić information content (AvgIpc) is 3.20. The number of hydrogen-bond donors (Lipinski definition) is 2. The molecule has 3 rings (SSSR count). The third-order valence-electron chi connectivity index (χ3n) is 5.15. The van der Waals surface area contributed by atoms with E-state index in [0.717, 1.165) is 18.6 Å². The van der Waals surface area contributed by atoms with Gasteiger partial charge < -0.3 is 10.3 Å². The first-order valence-electron chi connectivity index (χ1n) is 9.59. The van der Waals surface area contributed by atoms with Crippen LogP contribution in [-0.2, 0) is 21.0 Å². The average molecular weight is 374 g/mol. The SMILES string of the molecule is CC(C)N(CCN1C(Cc2c[nH]c3ccccc23)OOC1NC=O)C(C)C. The second kappa shape index (κ2) is 8.84. The van der Waals surface area contributed by atoms with Crippen LogP contribution >= 0.6 is 0 Å². The molecule has 2 unspecified atom stereocenters. The molecule has 7 heteroatoms. The molecule has 1 aromatic heterocycles. The Morgan fingerprint density at radius 3 is 2.67 bits per heavy atom. The van der Waals surface area contributed by atoms with Crippen molar-refractivity contribution in [1.29, 1.82) is 0 Å². The maximum atomic E-state index is 11.0. The van der Waals surface area contributed by atoms with E-state index in [-0.39, 0.29) is 6.23 Å². The smallest absolute Gasteiger partial charge is 0.223 e. The molecule has 1 aromatic carbocycles.